The molecule has 3 aliphatic heterocycles. The Morgan fingerprint density at radius 3 is 2.41 bits per heavy atom. The van der Waals surface area contributed by atoms with Crippen LogP contribution in [-0.4, -0.2) is 71.2 Å². The Kier molecular flexibility index (Phi) is 5.61. The fourth-order valence-electron chi connectivity index (χ4n) is 5.51. The van der Waals surface area contributed by atoms with E-state index in [0.717, 1.165) is 32.2 Å². The van der Waals surface area contributed by atoms with Crippen LogP contribution in [0.15, 0.2) is 30.3 Å². The van der Waals surface area contributed by atoms with Crippen molar-refractivity contribution in [3.63, 3.8) is 0 Å². The summed E-state index contributed by atoms with van der Waals surface area (Å²) in [6.45, 7) is 3.52. The number of benzene rings is 1. The molecule has 6 nitrogen and oxygen atoms in total. The van der Waals surface area contributed by atoms with Crippen molar-refractivity contribution >= 4 is 17.7 Å². The van der Waals surface area contributed by atoms with E-state index in [-0.39, 0.29) is 41.6 Å². The van der Waals surface area contributed by atoms with Crippen LogP contribution in [0.3, 0.4) is 0 Å². The normalized spacial score (nSPS) is 30.1. The summed E-state index contributed by atoms with van der Waals surface area (Å²) in [7, 11) is 1.77. The first-order valence-corrected chi connectivity index (χ1v) is 10.8. The average Bonchev–Trinajstić information content (AvgIpc) is 3.22. The van der Waals surface area contributed by atoms with Crippen molar-refractivity contribution in [3.05, 3.63) is 35.9 Å². The predicted molar refractivity (Wildman–Crippen MR) is 110 cm³/mol. The van der Waals surface area contributed by atoms with E-state index in [1.54, 1.807) is 18.9 Å². The number of amides is 3. The van der Waals surface area contributed by atoms with E-state index < -0.39 is 0 Å². The minimum Gasteiger partial charge on any atom is -0.345 e. The van der Waals surface area contributed by atoms with Crippen LogP contribution in [0, 0.1) is 5.92 Å². The Hall–Kier alpha value is -2.37. The van der Waals surface area contributed by atoms with Crippen molar-refractivity contribution in [2.75, 3.05) is 26.7 Å². The number of carbonyl (C=O) groups excluding carboxylic acids is 3. The number of likely N-dealkylation sites (tertiary alicyclic amines) is 3. The highest BCUT2D eigenvalue weighted by molar-refractivity contribution is 5.89. The molecule has 1 aromatic rings. The van der Waals surface area contributed by atoms with Gasteiger partial charge >= 0.3 is 0 Å². The maximum Gasteiger partial charge on any atom is 0.228 e. The maximum absolute atomic E-state index is 13.5. The van der Waals surface area contributed by atoms with Gasteiger partial charge in [-0.25, -0.2) is 0 Å². The van der Waals surface area contributed by atoms with Gasteiger partial charge in [-0.2, -0.15) is 0 Å². The van der Waals surface area contributed by atoms with Crippen LogP contribution < -0.4 is 0 Å². The highest BCUT2D eigenvalue weighted by atomic mass is 16.2. The molecule has 29 heavy (non-hydrogen) atoms. The van der Waals surface area contributed by atoms with Crippen LogP contribution in [0.4, 0.5) is 0 Å². The summed E-state index contributed by atoms with van der Waals surface area (Å²) in [5.74, 6) is 0.0655. The second-order valence-corrected chi connectivity index (χ2v) is 8.80. The first kappa shape index (κ1) is 19.9. The number of rotatable bonds is 2. The molecule has 3 amide bonds. The molecule has 0 aromatic heterocycles. The minimum absolute atomic E-state index is 0.00832. The average molecular weight is 398 g/mol. The van der Waals surface area contributed by atoms with Crippen LogP contribution in [0.1, 0.15) is 50.5 Å². The molecule has 156 valence electrons. The number of carbonyl (C=O) groups is 3. The van der Waals surface area contributed by atoms with E-state index >= 15 is 0 Å². The summed E-state index contributed by atoms with van der Waals surface area (Å²) in [6.07, 6.45) is 4.38. The molecular weight excluding hydrogens is 366 g/mol. The van der Waals surface area contributed by atoms with Gasteiger partial charge in [-0.15, -0.1) is 0 Å². The summed E-state index contributed by atoms with van der Waals surface area (Å²) in [5, 5.41) is 0. The van der Waals surface area contributed by atoms with Crippen LogP contribution in [0.2, 0.25) is 0 Å². The molecule has 4 rings (SSSR count). The van der Waals surface area contributed by atoms with Gasteiger partial charge in [0, 0.05) is 45.9 Å². The second kappa shape index (κ2) is 8.17. The number of hydrogen-bond acceptors (Lipinski definition) is 3. The van der Waals surface area contributed by atoms with Gasteiger partial charge in [-0.05, 0) is 18.4 Å². The highest BCUT2D eigenvalue weighted by Gasteiger charge is 2.49. The van der Waals surface area contributed by atoms with Crippen molar-refractivity contribution in [1.29, 1.82) is 0 Å². The third kappa shape index (κ3) is 3.77. The second-order valence-electron chi connectivity index (χ2n) is 8.80. The summed E-state index contributed by atoms with van der Waals surface area (Å²) < 4.78 is 0. The third-order valence-electron chi connectivity index (χ3n) is 6.96. The zero-order chi connectivity index (χ0) is 20.5. The van der Waals surface area contributed by atoms with Crippen LogP contribution >= 0.6 is 0 Å². The highest BCUT2D eigenvalue weighted by Crippen LogP contribution is 2.40. The summed E-state index contributed by atoms with van der Waals surface area (Å²) in [5.41, 5.74) is 1.18. The molecule has 3 heterocycles. The Bertz CT molecular complexity index is 781. The van der Waals surface area contributed by atoms with Crippen LogP contribution in [0.5, 0.6) is 0 Å². The summed E-state index contributed by atoms with van der Waals surface area (Å²) in [4.78, 5) is 43.8. The Labute approximate surface area is 172 Å². The fourth-order valence-corrected chi connectivity index (χ4v) is 5.51. The Morgan fingerprint density at radius 2 is 1.76 bits per heavy atom. The number of nitrogens with zero attached hydrogens (tertiary/aromatic N) is 3. The Balaban J connectivity index is 1.68. The third-order valence-corrected chi connectivity index (χ3v) is 6.96. The van der Waals surface area contributed by atoms with Gasteiger partial charge in [0.1, 0.15) is 0 Å². The zero-order valence-corrected chi connectivity index (χ0v) is 17.4. The maximum atomic E-state index is 13.5. The molecule has 6 heteroatoms. The largest absolute Gasteiger partial charge is 0.345 e. The van der Waals surface area contributed by atoms with E-state index in [0.29, 0.717) is 19.5 Å². The zero-order valence-electron chi connectivity index (χ0n) is 17.4. The van der Waals surface area contributed by atoms with Crippen molar-refractivity contribution in [1.82, 2.24) is 14.7 Å². The SMILES string of the molecule is CC(=O)N1CCCCC[C@@H]2[C@@H]1[C@H](c1ccccc1)CN2C(=O)[C@@H]1CC(=O)N(C)C1. The van der Waals surface area contributed by atoms with Crippen LogP contribution in [0.25, 0.3) is 0 Å². The topological polar surface area (TPSA) is 60.9 Å². The monoisotopic (exact) mass is 397 g/mol. The lowest BCUT2D eigenvalue weighted by Gasteiger charge is -2.39. The lowest BCUT2D eigenvalue weighted by Crippen LogP contribution is -2.51. The van der Waals surface area contributed by atoms with Gasteiger partial charge in [0.25, 0.3) is 0 Å². The Morgan fingerprint density at radius 1 is 1.00 bits per heavy atom. The van der Waals surface area contributed by atoms with Gasteiger partial charge in [0.15, 0.2) is 0 Å². The van der Waals surface area contributed by atoms with Gasteiger partial charge in [-0.3, -0.25) is 14.4 Å². The molecule has 4 atom stereocenters. The first-order valence-electron chi connectivity index (χ1n) is 10.8. The number of hydrogen-bond donors (Lipinski definition) is 0. The lowest BCUT2D eigenvalue weighted by atomic mass is 9.87. The molecule has 3 saturated heterocycles. The molecule has 0 unspecified atom stereocenters. The van der Waals surface area contributed by atoms with E-state index in [4.69, 9.17) is 0 Å². The molecule has 3 fully saturated rings. The molecule has 0 saturated carbocycles. The first-order chi connectivity index (χ1) is 14.0. The minimum atomic E-state index is -0.265. The van der Waals surface area contributed by atoms with E-state index in [1.165, 1.54) is 5.56 Å². The van der Waals surface area contributed by atoms with Crippen molar-refractivity contribution in [3.8, 4) is 0 Å². The molecule has 0 bridgehead atoms. The molecule has 3 aliphatic rings. The van der Waals surface area contributed by atoms with E-state index in [1.807, 2.05) is 28.0 Å². The van der Waals surface area contributed by atoms with Crippen molar-refractivity contribution in [2.45, 2.75) is 57.0 Å². The molecule has 0 N–H and O–H groups in total. The van der Waals surface area contributed by atoms with Crippen molar-refractivity contribution < 1.29 is 14.4 Å². The summed E-state index contributed by atoms with van der Waals surface area (Å²) >= 11 is 0. The fraction of sp³-hybridized carbons (Fsp3) is 0.609. The predicted octanol–water partition coefficient (Wildman–Crippen LogP) is 2.25. The van der Waals surface area contributed by atoms with Crippen molar-refractivity contribution in [2.24, 2.45) is 5.92 Å². The molecule has 1 aromatic carbocycles. The van der Waals surface area contributed by atoms with Gasteiger partial charge < -0.3 is 14.7 Å². The van der Waals surface area contributed by atoms with Gasteiger partial charge in [-0.1, -0.05) is 43.2 Å². The van der Waals surface area contributed by atoms with Crippen LogP contribution in [-0.2, 0) is 14.4 Å². The smallest absolute Gasteiger partial charge is 0.228 e. The summed E-state index contributed by atoms with van der Waals surface area (Å²) in [6, 6.07) is 10.3. The van der Waals surface area contributed by atoms with E-state index in [9.17, 15) is 14.4 Å². The molecule has 0 radical (unpaired) electrons. The van der Waals surface area contributed by atoms with E-state index in [2.05, 4.69) is 12.1 Å². The molecule has 0 aliphatic carbocycles. The standard InChI is InChI=1S/C23H31N3O3/c1-16(27)25-12-8-4-7-11-20-22(25)19(17-9-5-3-6-10-17)15-26(20)23(29)18-13-21(28)24(2)14-18/h3,5-6,9-10,18-20,22H,4,7-8,11-15H2,1-2H3/t18-,19+,20-,22+/m1/s1. The molecule has 0 spiro atoms. The van der Waals surface area contributed by atoms with Gasteiger partial charge in [0.05, 0.1) is 18.0 Å². The molecular formula is C23H31N3O3. The van der Waals surface area contributed by atoms with Gasteiger partial charge in [0.2, 0.25) is 17.7 Å². The number of fused-ring (bicyclic) bond motifs is 1. The quantitative estimate of drug-likeness (QED) is 0.769. The lowest BCUT2D eigenvalue weighted by molar-refractivity contribution is -0.139.